The van der Waals surface area contributed by atoms with Crippen molar-refractivity contribution >= 4 is 27.5 Å². The average Bonchev–Trinajstić information content (AvgIpc) is 3.01. The zero-order chi connectivity index (χ0) is 32.6. The number of aryl methyl sites for hydroxylation is 2. The van der Waals surface area contributed by atoms with Crippen LogP contribution in [-0.2, 0) is 32.6 Å². The van der Waals surface area contributed by atoms with Gasteiger partial charge < -0.3 is 15.0 Å². The van der Waals surface area contributed by atoms with Crippen molar-refractivity contribution in [1.82, 2.24) is 10.2 Å². The quantitative estimate of drug-likeness (QED) is 0.206. The van der Waals surface area contributed by atoms with Crippen LogP contribution in [0.5, 0.6) is 5.75 Å². The molecule has 0 heterocycles. The second-order valence-electron chi connectivity index (χ2n) is 11.4. The molecule has 4 aromatic carbocycles. The van der Waals surface area contributed by atoms with Gasteiger partial charge >= 0.3 is 0 Å². The molecule has 4 aromatic rings. The average molecular weight is 628 g/mol. The standard InChI is InChI=1S/C36H41N3O5S/c1-26(2)37-36(41)33(23-29-13-7-6-8-14-29)38(24-30-15-11-12-28(4)22-30)35(40)25-39(32-16-9-10-17-34(32)44-5)45(42,43)31-20-18-27(3)19-21-31/h6-22,26,33H,23-25H2,1-5H3,(H,37,41). The van der Waals surface area contributed by atoms with E-state index < -0.39 is 28.5 Å². The lowest BCUT2D eigenvalue weighted by Gasteiger charge is -2.34. The van der Waals surface area contributed by atoms with E-state index in [2.05, 4.69) is 5.32 Å². The number of anilines is 1. The van der Waals surface area contributed by atoms with Gasteiger partial charge in [-0.05, 0) is 63.1 Å². The first-order chi connectivity index (χ1) is 21.5. The van der Waals surface area contributed by atoms with Crippen molar-refractivity contribution in [3.8, 4) is 5.75 Å². The van der Waals surface area contributed by atoms with E-state index >= 15 is 0 Å². The Morgan fingerprint density at radius 2 is 1.44 bits per heavy atom. The number of benzene rings is 4. The monoisotopic (exact) mass is 627 g/mol. The van der Waals surface area contributed by atoms with Gasteiger partial charge in [-0.15, -0.1) is 0 Å². The molecule has 4 rings (SSSR count). The summed E-state index contributed by atoms with van der Waals surface area (Å²) in [5.41, 5.74) is 3.82. The number of carbonyl (C=O) groups is 2. The predicted octanol–water partition coefficient (Wildman–Crippen LogP) is 5.67. The van der Waals surface area contributed by atoms with Crippen molar-refractivity contribution in [3.05, 3.63) is 125 Å². The third-order valence-electron chi connectivity index (χ3n) is 7.38. The van der Waals surface area contributed by atoms with E-state index in [-0.39, 0.29) is 35.5 Å². The highest BCUT2D eigenvalue weighted by Crippen LogP contribution is 2.33. The van der Waals surface area contributed by atoms with Gasteiger partial charge in [0.1, 0.15) is 18.3 Å². The second-order valence-corrected chi connectivity index (χ2v) is 13.2. The summed E-state index contributed by atoms with van der Waals surface area (Å²) in [6.07, 6.45) is 0.246. The zero-order valence-corrected chi connectivity index (χ0v) is 27.3. The van der Waals surface area contributed by atoms with Crippen LogP contribution >= 0.6 is 0 Å². The lowest BCUT2D eigenvalue weighted by molar-refractivity contribution is -0.140. The number of methoxy groups -OCH3 is 1. The van der Waals surface area contributed by atoms with Crippen LogP contribution in [0.25, 0.3) is 0 Å². The Morgan fingerprint density at radius 1 is 0.800 bits per heavy atom. The molecule has 0 radical (unpaired) electrons. The number of hydrogen-bond donors (Lipinski definition) is 1. The largest absolute Gasteiger partial charge is 0.495 e. The maximum absolute atomic E-state index is 14.6. The second kappa shape index (κ2) is 14.9. The summed E-state index contributed by atoms with van der Waals surface area (Å²) in [4.78, 5) is 29.9. The molecule has 45 heavy (non-hydrogen) atoms. The lowest BCUT2D eigenvalue weighted by Crippen LogP contribution is -2.54. The Bertz CT molecular complexity index is 1710. The molecule has 0 aliphatic carbocycles. The van der Waals surface area contributed by atoms with Gasteiger partial charge in [0.15, 0.2) is 0 Å². The predicted molar refractivity (Wildman–Crippen MR) is 178 cm³/mol. The summed E-state index contributed by atoms with van der Waals surface area (Å²) in [7, 11) is -2.78. The normalized spacial score (nSPS) is 12.0. The van der Waals surface area contributed by atoms with Gasteiger partial charge in [-0.1, -0.05) is 90.0 Å². The SMILES string of the molecule is COc1ccccc1N(CC(=O)N(Cc1cccc(C)c1)C(Cc1ccccc1)C(=O)NC(C)C)S(=O)(=O)c1ccc(C)cc1. The van der Waals surface area contributed by atoms with Crippen LogP contribution < -0.4 is 14.4 Å². The molecule has 1 unspecified atom stereocenters. The van der Waals surface area contributed by atoms with Crippen LogP contribution in [0, 0.1) is 13.8 Å². The number of carbonyl (C=O) groups excluding carboxylic acids is 2. The molecule has 0 aromatic heterocycles. The first-order valence-corrected chi connectivity index (χ1v) is 16.4. The van der Waals surface area contributed by atoms with Gasteiger partial charge in [-0.25, -0.2) is 8.42 Å². The molecule has 0 fully saturated rings. The number of ether oxygens (including phenoxy) is 1. The van der Waals surface area contributed by atoms with Gasteiger partial charge in [0.25, 0.3) is 10.0 Å². The fraction of sp³-hybridized carbons (Fsp3) is 0.278. The van der Waals surface area contributed by atoms with Crippen LogP contribution in [0.15, 0.2) is 108 Å². The summed E-state index contributed by atoms with van der Waals surface area (Å²) < 4.78 is 35.1. The highest BCUT2D eigenvalue weighted by Gasteiger charge is 2.35. The number of sulfonamides is 1. The molecule has 0 aliphatic rings. The fourth-order valence-corrected chi connectivity index (χ4v) is 6.55. The van der Waals surface area contributed by atoms with E-state index in [0.29, 0.717) is 5.75 Å². The Morgan fingerprint density at radius 3 is 2.09 bits per heavy atom. The van der Waals surface area contributed by atoms with Gasteiger partial charge in [0.05, 0.1) is 17.7 Å². The topological polar surface area (TPSA) is 96.0 Å². The molecule has 8 nitrogen and oxygen atoms in total. The smallest absolute Gasteiger partial charge is 0.264 e. The lowest BCUT2D eigenvalue weighted by atomic mass is 10.0. The van der Waals surface area contributed by atoms with Crippen molar-refractivity contribution in [2.75, 3.05) is 18.0 Å². The third kappa shape index (κ3) is 8.51. The molecule has 1 N–H and O–H groups in total. The Hall–Kier alpha value is -4.63. The summed E-state index contributed by atoms with van der Waals surface area (Å²) in [5.74, 6) is -0.553. The minimum absolute atomic E-state index is 0.0374. The third-order valence-corrected chi connectivity index (χ3v) is 9.15. The molecule has 0 bridgehead atoms. The van der Waals surface area contributed by atoms with Gasteiger partial charge in [-0.3, -0.25) is 13.9 Å². The summed E-state index contributed by atoms with van der Waals surface area (Å²) in [5, 5.41) is 2.98. The molecule has 236 valence electrons. The molecule has 2 amide bonds. The van der Waals surface area contributed by atoms with Crippen molar-refractivity contribution in [2.24, 2.45) is 0 Å². The number of hydrogen-bond acceptors (Lipinski definition) is 5. The van der Waals surface area contributed by atoms with E-state index in [4.69, 9.17) is 4.74 Å². The van der Waals surface area contributed by atoms with Crippen LogP contribution in [0.2, 0.25) is 0 Å². The molecular weight excluding hydrogens is 586 g/mol. The minimum atomic E-state index is -4.23. The number of nitrogens with zero attached hydrogens (tertiary/aromatic N) is 2. The fourth-order valence-electron chi connectivity index (χ4n) is 5.13. The first kappa shape index (κ1) is 33.3. The van der Waals surface area contributed by atoms with Gasteiger partial charge in [-0.2, -0.15) is 0 Å². The molecule has 1 atom stereocenters. The maximum atomic E-state index is 14.6. The molecule has 0 spiro atoms. The zero-order valence-electron chi connectivity index (χ0n) is 26.4. The van der Waals surface area contributed by atoms with Crippen LogP contribution in [0.3, 0.4) is 0 Å². The Kier molecular flexibility index (Phi) is 11.0. The Labute approximate surface area is 266 Å². The summed E-state index contributed by atoms with van der Waals surface area (Å²) >= 11 is 0. The van der Waals surface area contributed by atoms with Gasteiger partial charge in [0.2, 0.25) is 11.8 Å². The summed E-state index contributed by atoms with van der Waals surface area (Å²) in [6, 6.07) is 29.3. The first-order valence-electron chi connectivity index (χ1n) is 14.9. The molecule has 0 aliphatic heterocycles. The van der Waals surface area contributed by atoms with Crippen LogP contribution in [-0.4, -0.2) is 50.9 Å². The van der Waals surface area contributed by atoms with Crippen LogP contribution in [0.4, 0.5) is 5.69 Å². The number of nitrogens with one attached hydrogen (secondary N) is 1. The van der Waals surface area contributed by atoms with E-state index in [1.165, 1.54) is 24.1 Å². The number of rotatable bonds is 13. The number of para-hydroxylation sites is 2. The van der Waals surface area contributed by atoms with E-state index in [1.807, 2.05) is 82.3 Å². The molecule has 9 heteroatoms. The van der Waals surface area contributed by atoms with Crippen molar-refractivity contribution in [1.29, 1.82) is 0 Å². The van der Waals surface area contributed by atoms with Gasteiger partial charge in [0, 0.05) is 19.0 Å². The molecule has 0 saturated carbocycles. The highest BCUT2D eigenvalue weighted by atomic mass is 32.2. The van der Waals surface area contributed by atoms with E-state index in [0.717, 1.165) is 26.6 Å². The van der Waals surface area contributed by atoms with Crippen LogP contribution in [0.1, 0.15) is 36.1 Å². The highest BCUT2D eigenvalue weighted by molar-refractivity contribution is 7.92. The number of amides is 2. The van der Waals surface area contributed by atoms with Crippen molar-refractivity contribution in [2.45, 2.75) is 57.6 Å². The van der Waals surface area contributed by atoms with E-state index in [1.54, 1.807) is 36.4 Å². The summed E-state index contributed by atoms with van der Waals surface area (Å²) in [6.45, 7) is 7.11. The van der Waals surface area contributed by atoms with E-state index in [9.17, 15) is 18.0 Å². The Balaban J connectivity index is 1.83. The van der Waals surface area contributed by atoms with Crippen molar-refractivity contribution in [3.63, 3.8) is 0 Å². The maximum Gasteiger partial charge on any atom is 0.264 e. The van der Waals surface area contributed by atoms with Crippen molar-refractivity contribution < 1.29 is 22.7 Å². The minimum Gasteiger partial charge on any atom is -0.495 e. The molecule has 0 saturated heterocycles. The molecular formula is C36H41N3O5S.